The van der Waals surface area contributed by atoms with Crippen LogP contribution in [-0.4, -0.2) is 23.2 Å². The maximum Gasteiger partial charge on any atom is 0.137 e. The number of methoxy groups -OCH3 is 1. The molecular formula is C13H17ClO2S. The predicted octanol–water partition coefficient (Wildman–Crippen LogP) is 3.45. The molecule has 0 aliphatic carbocycles. The van der Waals surface area contributed by atoms with Crippen molar-refractivity contribution in [3.8, 4) is 5.75 Å². The number of benzene rings is 1. The number of hydrogen-bond acceptors (Lipinski definition) is 3. The second-order valence-electron chi connectivity index (χ2n) is 4.39. The highest BCUT2D eigenvalue weighted by atomic mass is 35.5. The van der Waals surface area contributed by atoms with Crippen LogP contribution in [0.2, 0.25) is 5.02 Å². The smallest absolute Gasteiger partial charge is 0.137 e. The highest BCUT2D eigenvalue weighted by Gasteiger charge is 2.38. The van der Waals surface area contributed by atoms with Gasteiger partial charge in [0.1, 0.15) is 11.4 Å². The maximum atomic E-state index is 10.8. The lowest BCUT2D eigenvalue weighted by molar-refractivity contribution is 0.0252. The van der Waals surface area contributed by atoms with Crippen molar-refractivity contribution in [1.82, 2.24) is 0 Å². The molecule has 0 aromatic heterocycles. The molecule has 2 rings (SSSR count). The van der Waals surface area contributed by atoms with Crippen molar-refractivity contribution in [3.63, 3.8) is 0 Å². The summed E-state index contributed by atoms with van der Waals surface area (Å²) in [6, 6.07) is 5.54. The summed E-state index contributed by atoms with van der Waals surface area (Å²) in [6.45, 7) is 2.07. The van der Waals surface area contributed by atoms with E-state index in [2.05, 4.69) is 6.92 Å². The lowest BCUT2D eigenvalue weighted by atomic mass is 9.86. The SMILES string of the molecule is COc1cc(C2(O)CCCSC2C)ccc1Cl. The zero-order valence-corrected chi connectivity index (χ0v) is 11.6. The van der Waals surface area contributed by atoms with Crippen LogP contribution in [0.15, 0.2) is 18.2 Å². The van der Waals surface area contributed by atoms with Crippen LogP contribution in [0.25, 0.3) is 0 Å². The lowest BCUT2D eigenvalue weighted by Crippen LogP contribution is -2.38. The Labute approximate surface area is 111 Å². The van der Waals surface area contributed by atoms with Gasteiger partial charge in [0.25, 0.3) is 0 Å². The molecule has 2 unspecified atom stereocenters. The van der Waals surface area contributed by atoms with Gasteiger partial charge in [0.15, 0.2) is 0 Å². The minimum absolute atomic E-state index is 0.196. The summed E-state index contributed by atoms with van der Waals surface area (Å²) in [6.07, 6.45) is 1.84. The molecule has 1 aromatic rings. The van der Waals surface area contributed by atoms with Crippen LogP contribution in [0.3, 0.4) is 0 Å². The molecule has 0 saturated carbocycles. The Morgan fingerprint density at radius 2 is 2.29 bits per heavy atom. The predicted molar refractivity (Wildman–Crippen MR) is 73.1 cm³/mol. The monoisotopic (exact) mass is 272 g/mol. The van der Waals surface area contributed by atoms with E-state index in [1.807, 2.05) is 23.9 Å². The molecule has 1 N–H and O–H groups in total. The summed E-state index contributed by atoms with van der Waals surface area (Å²) >= 11 is 7.82. The Bertz CT molecular complexity index is 410. The fourth-order valence-corrected chi connectivity index (χ4v) is 3.64. The largest absolute Gasteiger partial charge is 0.495 e. The van der Waals surface area contributed by atoms with E-state index in [1.54, 1.807) is 13.2 Å². The molecular weight excluding hydrogens is 256 g/mol. The average Bonchev–Trinajstić information content (AvgIpc) is 2.33. The summed E-state index contributed by atoms with van der Waals surface area (Å²) in [5.74, 6) is 1.74. The number of aliphatic hydroxyl groups is 1. The molecule has 1 fully saturated rings. The summed E-state index contributed by atoms with van der Waals surface area (Å²) in [5.41, 5.74) is 0.138. The number of ether oxygens (including phenoxy) is 1. The summed E-state index contributed by atoms with van der Waals surface area (Å²) in [4.78, 5) is 0. The first kappa shape index (κ1) is 13.1. The summed E-state index contributed by atoms with van der Waals surface area (Å²) in [5, 5.41) is 11.6. The first-order valence-electron chi connectivity index (χ1n) is 5.76. The van der Waals surface area contributed by atoms with Gasteiger partial charge >= 0.3 is 0 Å². The topological polar surface area (TPSA) is 29.5 Å². The first-order chi connectivity index (χ1) is 8.08. The summed E-state index contributed by atoms with van der Waals surface area (Å²) < 4.78 is 5.21. The van der Waals surface area contributed by atoms with Crippen molar-refractivity contribution in [2.24, 2.45) is 0 Å². The lowest BCUT2D eigenvalue weighted by Gasteiger charge is -2.38. The van der Waals surface area contributed by atoms with Crippen LogP contribution in [0.4, 0.5) is 0 Å². The molecule has 1 saturated heterocycles. The second-order valence-corrected chi connectivity index (χ2v) is 6.25. The van der Waals surface area contributed by atoms with Gasteiger partial charge in [-0.2, -0.15) is 11.8 Å². The molecule has 2 atom stereocenters. The van der Waals surface area contributed by atoms with Crippen molar-refractivity contribution in [2.75, 3.05) is 12.9 Å². The van der Waals surface area contributed by atoms with Crippen LogP contribution in [0.5, 0.6) is 5.75 Å². The Morgan fingerprint density at radius 1 is 1.53 bits per heavy atom. The van der Waals surface area contributed by atoms with Gasteiger partial charge in [0.2, 0.25) is 0 Å². The fourth-order valence-electron chi connectivity index (χ4n) is 2.25. The molecule has 17 heavy (non-hydrogen) atoms. The molecule has 0 bridgehead atoms. The van der Waals surface area contributed by atoms with Crippen LogP contribution < -0.4 is 4.74 Å². The van der Waals surface area contributed by atoms with E-state index in [-0.39, 0.29) is 5.25 Å². The molecule has 1 aliphatic rings. The van der Waals surface area contributed by atoms with E-state index < -0.39 is 5.60 Å². The van der Waals surface area contributed by atoms with E-state index >= 15 is 0 Å². The number of halogens is 1. The molecule has 0 radical (unpaired) electrons. The normalized spacial score (nSPS) is 29.1. The first-order valence-corrected chi connectivity index (χ1v) is 7.18. The standard InChI is InChI=1S/C13H17ClO2S/c1-9-13(15,6-3-7-17-9)10-4-5-11(14)12(8-10)16-2/h4-5,8-9,15H,3,6-7H2,1-2H3. The van der Waals surface area contributed by atoms with Crippen molar-refractivity contribution < 1.29 is 9.84 Å². The molecule has 1 aromatic carbocycles. The zero-order chi connectivity index (χ0) is 12.5. The molecule has 0 spiro atoms. The Balaban J connectivity index is 2.38. The number of hydrogen-bond donors (Lipinski definition) is 1. The van der Waals surface area contributed by atoms with E-state index in [1.165, 1.54) is 0 Å². The highest BCUT2D eigenvalue weighted by molar-refractivity contribution is 8.00. The Hall–Kier alpha value is -0.380. The molecule has 2 nitrogen and oxygen atoms in total. The van der Waals surface area contributed by atoms with Crippen LogP contribution >= 0.6 is 23.4 Å². The van der Waals surface area contributed by atoms with Crippen molar-refractivity contribution in [3.05, 3.63) is 28.8 Å². The van der Waals surface area contributed by atoms with Gasteiger partial charge in [-0.25, -0.2) is 0 Å². The van der Waals surface area contributed by atoms with Gasteiger partial charge in [0, 0.05) is 5.25 Å². The van der Waals surface area contributed by atoms with Crippen molar-refractivity contribution in [1.29, 1.82) is 0 Å². The number of rotatable bonds is 2. The highest BCUT2D eigenvalue weighted by Crippen LogP contribution is 2.43. The Morgan fingerprint density at radius 3 is 2.94 bits per heavy atom. The van der Waals surface area contributed by atoms with Crippen LogP contribution in [0, 0.1) is 0 Å². The van der Waals surface area contributed by atoms with Gasteiger partial charge in [0.05, 0.1) is 12.1 Å². The minimum atomic E-state index is -0.763. The molecule has 94 valence electrons. The molecule has 4 heteroatoms. The van der Waals surface area contributed by atoms with E-state index in [0.717, 1.165) is 24.2 Å². The van der Waals surface area contributed by atoms with E-state index in [4.69, 9.17) is 16.3 Å². The molecule has 1 heterocycles. The second kappa shape index (κ2) is 5.09. The molecule has 0 amide bonds. The van der Waals surface area contributed by atoms with Gasteiger partial charge in [-0.05, 0) is 36.3 Å². The average molecular weight is 273 g/mol. The third-order valence-corrected chi connectivity index (χ3v) is 5.12. The van der Waals surface area contributed by atoms with Crippen molar-refractivity contribution >= 4 is 23.4 Å². The van der Waals surface area contributed by atoms with Crippen LogP contribution in [-0.2, 0) is 5.60 Å². The van der Waals surface area contributed by atoms with Gasteiger partial charge in [-0.15, -0.1) is 0 Å². The maximum absolute atomic E-state index is 10.8. The van der Waals surface area contributed by atoms with E-state index in [0.29, 0.717) is 10.8 Å². The third-order valence-electron chi connectivity index (χ3n) is 3.39. The molecule has 1 aliphatic heterocycles. The van der Waals surface area contributed by atoms with Crippen molar-refractivity contribution in [2.45, 2.75) is 30.6 Å². The van der Waals surface area contributed by atoms with Gasteiger partial charge in [-0.1, -0.05) is 24.6 Å². The quantitative estimate of drug-likeness (QED) is 0.894. The van der Waals surface area contributed by atoms with Gasteiger partial charge in [-0.3, -0.25) is 0 Å². The van der Waals surface area contributed by atoms with E-state index in [9.17, 15) is 5.11 Å². The third kappa shape index (κ3) is 2.42. The number of thioether (sulfide) groups is 1. The summed E-state index contributed by atoms with van der Waals surface area (Å²) in [7, 11) is 1.59. The Kier molecular flexibility index (Phi) is 3.91. The van der Waals surface area contributed by atoms with Crippen LogP contribution in [0.1, 0.15) is 25.3 Å². The minimum Gasteiger partial charge on any atom is -0.495 e. The van der Waals surface area contributed by atoms with Gasteiger partial charge < -0.3 is 9.84 Å². The fraction of sp³-hybridized carbons (Fsp3) is 0.538. The zero-order valence-electron chi connectivity index (χ0n) is 10.1.